The zero-order valence-corrected chi connectivity index (χ0v) is 13.8. The zero-order chi connectivity index (χ0) is 15.3. The van der Waals surface area contributed by atoms with Crippen molar-refractivity contribution in [2.75, 3.05) is 19.6 Å². The minimum atomic E-state index is -3.30. The molecule has 0 amide bonds. The average molecular weight is 310 g/mol. The van der Waals surface area contributed by atoms with Crippen molar-refractivity contribution >= 4 is 10.0 Å². The molecule has 0 atom stereocenters. The fraction of sp³-hybridized carbons (Fsp3) is 0.625. The maximum Gasteiger partial charge on any atom is 0.243 e. The number of sulfonamides is 1. The Kier molecular flexibility index (Phi) is 5.79. The van der Waals surface area contributed by atoms with Crippen LogP contribution in [0.4, 0.5) is 0 Å². The summed E-state index contributed by atoms with van der Waals surface area (Å²) in [6.07, 6.45) is 3.07. The molecule has 1 aromatic rings. The lowest BCUT2D eigenvalue weighted by molar-refractivity contribution is 0.346. The Balaban J connectivity index is 2.00. The third kappa shape index (κ3) is 4.53. The molecule has 1 aromatic carbocycles. The fourth-order valence-corrected chi connectivity index (χ4v) is 4.06. The van der Waals surface area contributed by atoms with Crippen LogP contribution in [0, 0.1) is 5.92 Å². The van der Waals surface area contributed by atoms with Crippen LogP contribution in [0.1, 0.15) is 38.7 Å². The van der Waals surface area contributed by atoms with Crippen LogP contribution in [0.25, 0.3) is 0 Å². The van der Waals surface area contributed by atoms with Gasteiger partial charge in [-0.05, 0) is 43.0 Å². The first kappa shape index (κ1) is 16.5. The fourth-order valence-electron chi connectivity index (χ4n) is 2.54. The van der Waals surface area contributed by atoms with Crippen molar-refractivity contribution in [1.82, 2.24) is 9.62 Å². The van der Waals surface area contributed by atoms with E-state index in [-0.39, 0.29) is 0 Å². The molecule has 4 nitrogen and oxygen atoms in total. The molecule has 0 spiro atoms. The number of rotatable bonds is 6. The van der Waals surface area contributed by atoms with E-state index in [1.165, 1.54) is 0 Å². The second-order valence-electron chi connectivity index (χ2n) is 6.13. The highest BCUT2D eigenvalue weighted by Crippen LogP contribution is 2.20. The summed E-state index contributed by atoms with van der Waals surface area (Å²) in [6.45, 7) is 7.39. The van der Waals surface area contributed by atoms with Crippen LogP contribution in [-0.2, 0) is 16.6 Å². The molecule has 5 heteroatoms. The highest BCUT2D eigenvalue weighted by Gasteiger charge is 2.25. The van der Waals surface area contributed by atoms with Crippen molar-refractivity contribution in [2.24, 2.45) is 5.92 Å². The Bertz CT molecular complexity index is 532. The van der Waals surface area contributed by atoms with Gasteiger partial charge in [-0.3, -0.25) is 0 Å². The number of piperidine rings is 1. The third-order valence-electron chi connectivity index (χ3n) is 3.76. The van der Waals surface area contributed by atoms with E-state index in [0.717, 1.165) is 37.9 Å². The Morgan fingerprint density at radius 3 is 2.29 bits per heavy atom. The van der Waals surface area contributed by atoms with E-state index in [0.29, 0.717) is 23.9 Å². The monoisotopic (exact) mass is 310 g/mol. The quantitative estimate of drug-likeness (QED) is 0.878. The van der Waals surface area contributed by atoms with Gasteiger partial charge in [0, 0.05) is 19.6 Å². The average Bonchev–Trinajstić information content (AvgIpc) is 2.48. The molecule has 0 unspecified atom stereocenters. The van der Waals surface area contributed by atoms with E-state index in [1.54, 1.807) is 16.4 Å². The topological polar surface area (TPSA) is 49.4 Å². The van der Waals surface area contributed by atoms with Crippen LogP contribution in [0.15, 0.2) is 29.2 Å². The van der Waals surface area contributed by atoms with Crippen molar-refractivity contribution in [3.8, 4) is 0 Å². The first-order valence-electron chi connectivity index (χ1n) is 7.80. The summed E-state index contributed by atoms with van der Waals surface area (Å²) in [5.74, 6) is 0.615. The van der Waals surface area contributed by atoms with Gasteiger partial charge < -0.3 is 5.32 Å². The largest absolute Gasteiger partial charge is 0.312 e. The van der Waals surface area contributed by atoms with Gasteiger partial charge in [0.15, 0.2) is 0 Å². The van der Waals surface area contributed by atoms with Crippen LogP contribution in [-0.4, -0.2) is 32.4 Å². The lowest BCUT2D eigenvalue weighted by Crippen LogP contribution is -2.35. The van der Waals surface area contributed by atoms with E-state index in [4.69, 9.17) is 0 Å². The standard InChI is InChI=1S/C16H26N2O2S/c1-14(2)12-17-13-15-6-8-16(9-7-15)21(19,20)18-10-4-3-5-11-18/h6-9,14,17H,3-5,10-13H2,1-2H3. The van der Waals surface area contributed by atoms with E-state index >= 15 is 0 Å². The number of nitrogens with zero attached hydrogens (tertiary/aromatic N) is 1. The Morgan fingerprint density at radius 2 is 1.71 bits per heavy atom. The number of hydrogen-bond acceptors (Lipinski definition) is 3. The Morgan fingerprint density at radius 1 is 1.10 bits per heavy atom. The van der Waals surface area contributed by atoms with E-state index in [1.807, 2.05) is 12.1 Å². The van der Waals surface area contributed by atoms with Gasteiger partial charge in [-0.1, -0.05) is 32.4 Å². The number of hydrogen-bond donors (Lipinski definition) is 1. The summed E-state index contributed by atoms with van der Waals surface area (Å²) in [7, 11) is -3.30. The predicted octanol–water partition coefficient (Wildman–Crippen LogP) is 2.61. The lowest BCUT2D eigenvalue weighted by atomic mass is 10.2. The highest BCUT2D eigenvalue weighted by molar-refractivity contribution is 7.89. The minimum absolute atomic E-state index is 0.414. The number of nitrogens with one attached hydrogen (secondary N) is 1. The van der Waals surface area contributed by atoms with Gasteiger partial charge in [0.05, 0.1) is 4.90 Å². The smallest absolute Gasteiger partial charge is 0.243 e. The molecule has 21 heavy (non-hydrogen) atoms. The van der Waals surface area contributed by atoms with Crippen LogP contribution in [0.2, 0.25) is 0 Å². The highest BCUT2D eigenvalue weighted by atomic mass is 32.2. The normalized spacial score (nSPS) is 17.3. The van der Waals surface area contributed by atoms with Crippen molar-refractivity contribution in [3.05, 3.63) is 29.8 Å². The summed E-state index contributed by atoms with van der Waals surface area (Å²) >= 11 is 0. The first-order chi connectivity index (χ1) is 10.00. The Hall–Kier alpha value is -0.910. The molecular formula is C16H26N2O2S. The maximum absolute atomic E-state index is 12.5. The van der Waals surface area contributed by atoms with Gasteiger partial charge in [-0.15, -0.1) is 0 Å². The van der Waals surface area contributed by atoms with Gasteiger partial charge in [-0.25, -0.2) is 8.42 Å². The van der Waals surface area contributed by atoms with Crippen molar-refractivity contribution in [3.63, 3.8) is 0 Å². The maximum atomic E-state index is 12.5. The van der Waals surface area contributed by atoms with Gasteiger partial charge in [0.25, 0.3) is 0 Å². The van der Waals surface area contributed by atoms with E-state index in [9.17, 15) is 8.42 Å². The summed E-state index contributed by atoms with van der Waals surface area (Å²) in [6, 6.07) is 7.28. The van der Waals surface area contributed by atoms with Crippen molar-refractivity contribution in [1.29, 1.82) is 0 Å². The second-order valence-corrected chi connectivity index (χ2v) is 8.07. The van der Waals surface area contributed by atoms with Gasteiger partial charge in [-0.2, -0.15) is 4.31 Å². The van der Waals surface area contributed by atoms with Gasteiger partial charge in [0.1, 0.15) is 0 Å². The lowest BCUT2D eigenvalue weighted by Gasteiger charge is -2.25. The molecule has 1 aliphatic rings. The molecule has 1 aliphatic heterocycles. The molecule has 0 bridgehead atoms. The first-order valence-corrected chi connectivity index (χ1v) is 9.24. The van der Waals surface area contributed by atoms with E-state index in [2.05, 4.69) is 19.2 Å². The van der Waals surface area contributed by atoms with Gasteiger partial charge in [0.2, 0.25) is 10.0 Å². The number of benzene rings is 1. The molecular weight excluding hydrogens is 284 g/mol. The molecule has 2 rings (SSSR count). The third-order valence-corrected chi connectivity index (χ3v) is 5.67. The predicted molar refractivity (Wildman–Crippen MR) is 85.6 cm³/mol. The van der Waals surface area contributed by atoms with Crippen LogP contribution in [0.3, 0.4) is 0 Å². The summed E-state index contributed by atoms with van der Waals surface area (Å²) < 4.78 is 26.6. The summed E-state index contributed by atoms with van der Waals surface area (Å²) in [5, 5.41) is 3.36. The molecule has 0 aromatic heterocycles. The minimum Gasteiger partial charge on any atom is -0.312 e. The van der Waals surface area contributed by atoms with Crippen molar-refractivity contribution in [2.45, 2.75) is 44.6 Å². The molecule has 1 fully saturated rings. The van der Waals surface area contributed by atoms with Crippen LogP contribution >= 0.6 is 0 Å². The summed E-state index contributed by atoms with van der Waals surface area (Å²) in [5.41, 5.74) is 1.12. The van der Waals surface area contributed by atoms with Crippen LogP contribution < -0.4 is 5.32 Å². The van der Waals surface area contributed by atoms with Crippen LogP contribution in [0.5, 0.6) is 0 Å². The zero-order valence-electron chi connectivity index (χ0n) is 13.0. The molecule has 118 valence electrons. The molecule has 1 saturated heterocycles. The molecule has 1 N–H and O–H groups in total. The van der Waals surface area contributed by atoms with E-state index < -0.39 is 10.0 Å². The Labute approximate surface area is 128 Å². The molecule has 1 heterocycles. The summed E-state index contributed by atoms with van der Waals surface area (Å²) in [4.78, 5) is 0.414. The molecule has 0 aliphatic carbocycles. The van der Waals surface area contributed by atoms with Crippen molar-refractivity contribution < 1.29 is 8.42 Å². The molecule has 0 saturated carbocycles. The van der Waals surface area contributed by atoms with Gasteiger partial charge >= 0.3 is 0 Å². The SMILES string of the molecule is CC(C)CNCc1ccc(S(=O)(=O)N2CCCCC2)cc1. The second kappa shape index (κ2) is 7.38. The molecule has 0 radical (unpaired) electrons.